The SMILES string of the molecule is CC1(N2C(=O)c3ccc(C(=O)O)cc3C2=O)CCC(=O)NC1=O. The molecule has 1 aromatic rings. The lowest BCUT2D eigenvalue weighted by molar-refractivity contribution is -0.140. The molecule has 2 N–H and O–H groups in total. The average molecular weight is 316 g/mol. The third kappa shape index (κ3) is 2.02. The Labute approximate surface area is 130 Å². The van der Waals surface area contributed by atoms with E-state index in [9.17, 15) is 24.0 Å². The van der Waals surface area contributed by atoms with E-state index in [1.54, 1.807) is 0 Å². The highest BCUT2D eigenvalue weighted by atomic mass is 16.4. The van der Waals surface area contributed by atoms with Crippen molar-refractivity contribution in [3.63, 3.8) is 0 Å². The molecular formula is C15H12N2O6. The van der Waals surface area contributed by atoms with Gasteiger partial charge >= 0.3 is 5.97 Å². The van der Waals surface area contributed by atoms with Crippen molar-refractivity contribution in [2.24, 2.45) is 0 Å². The van der Waals surface area contributed by atoms with Crippen LogP contribution in [0.25, 0.3) is 0 Å². The molecule has 0 bridgehead atoms. The van der Waals surface area contributed by atoms with Gasteiger partial charge in [0.15, 0.2) is 0 Å². The van der Waals surface area contributed by atoms with Crippen LogP contribution in [0.1, 0.15) is 50.8 Å². The van der Waals surface area contributed by atoms with Crippen molar-refractivity contribution in [2.45, 2.75) is 25.3 Å². The Kier molecular flexibility index (Phi) is 3.06. The van der Waals surface area contributed by atoms with Gasteiger partial charge in [0.2, 0.25) is 5.91 Å². The van der Waals surface area contributed by atoms with E-state index in [1.807, 2.05) is 0 Å². The number of carbonyl (C=O) groups excluding carboxylic acids is 4. The van der Waals surface area contributed by atoms with Gasteiger partial charge in [-0.25, -0.2) is 4.79 Å². The third-order valence-corrected chi connectivity index (χ3v) is 4.21. The number of carboxylic acids is 1. The second-order valence-electron chi connectivity index (χ2n) is 5.66. The number of piperidine rings is 1. The van der Waals surface area contributed by atoms with Crippen LogP contribution >= 0.6 is 0 Å². The van der Waals surface area contributed by atoms with Gasteiger partial charge in [-0.05, 0) is 31.5 Å². The first-order chi connectivity index (χ1) is 10.8. The highest BCUT2D eigenvalue weighted by molar-refractivity contribution is 6.24. The van der Waals surface area contributed by atoms with Gasteiger partial charge in [0.25, 0.3) is 17.7 Å². The van der Waals surface area contributed by atoms with Crippen molar-refractivity contribution in [3.05, 3.63) is 34.9 Å². The van der Waals surface area contributed by atoms with Gasteiger partial charge in [-0.15, -0.1) is 0 Å². The third-order valence-electron chi connectivity index (χ3n) is 4.21. The molecule has 0 radical (unpaired) electrons. The number of hydrogen-bond donors (Lipinski definition) is 2. The fourth-order valence-corrected chi connectivity index (χ4v) is 2.83. The van der Waals surface area contributed by atoms with Crippen molar-refractivity contribution < 1.29 is 29.1 Å². The van der Waals surface area contributed by atoms with Crippen LogP contribution < -0.4 is 5.32 Å². The lowest BCUT2D eigenvalue weighted by Crippen LogP contribution is -2.62. The van der Waals surface area contributed by atoms with E-state index in [2.05, 4.69) is 5.32 Å². The Morgan fingerprint density at radius 1 is 1.17 bits per heavy atom. The first-order valence-corrected chi connectivity index (χ1v) is 6.86. The molecule has 3 rings (SSSR count). The maximum atomic E-state index is 12.6. The van der Waals surface area contributed by atoms with E-state index in [1.165, 1.54) is 19.1 Å². The minimum Gasteiger partial charge on any atom is -0.478 e. The number of benzene rings is 1. The minimum atomic E-state index is -1.48. The van der Waals surface area contributed by atoms with Crippen LogP contribution in [0.4, 0.5) is 0 Å². The summed E-state index contributed by atoms with van der Waals surface area (Å²) in [5.41, 5.74) is -1.61. The van der Waals surface area contributed by atoms with Gasteiger partial charge in [-0.3, -0.25) is 29.4 Å². The fraction of sp³-hybridized carbons (Fsp3) is 0.267. The molecular weight excluding hydrogens is 304 g/mol. The van der Waals surface area contributed by atoms with Gasteiger partial charge in [-0.1, -0.05) is 0 Å². The average Bonchev–Trinajstić information content (AvgIpc) is 2.75. The predicted octanol–water partition coefficient (Wildman–Crippen LogP) is 0.176. The van der Waals surface area contributed by atoms with Crippen LogP contribution in [-0.2, 0) is 9.59 Å². The Balaban J connectivity index is 2.05. The van der Waals surface area contributed by atoms with E-state index >= 15 is 0 Å². The van der Waals surface area contributed by atoms with Crippen molar-refractivity contribution in [3.8, 4) is 0 Å². The molecule has 8 nitrogen and oxygen atoms in total. The second-order valence-corrected chi connectivity index (χ2v) is 5.66. The fourth-order valence-electron chi connectivity index (χ4n) is 2.83. The predicted molar refractivity (Wildman–Crippen MR) is 74.7 cm³/mol. The molecule has 1 atom stereocenters. The number of carboxylic acid groups (broad SMARTS) is 1. The van der Waals surface area contributed by atoms with E-state index in [4.69, 9.17) is 5.11 Å². The van der Waals surface area contributed by atoms with Crippen LogP contribution in [0.3, 0.4) is 0 Å². The number of imide groups is 2. The number of carbonyl (C=O) groups is 5. The standard InChI is InChI=1S/C15H12N2O6/c1-15(5-4-10(18)16-14(15)23)17-11(19)8-3-2-7(13(21)22)6-9(8)12(17)20/h2-3,6H,4-5H2,1H3,(H,21,22)(H,16,18,23). The zero-order valence-corrected chi connectivity index (χ0v) is 12.1. The molecule has 1 saturated heterocycles. The molecule has 2 aliphatic rings. The van der Waals surface area contributed by atoms with Crippen LogP contribution in [-0.4, -0.2) is 45.1 Å². The lowest BCUT2D eigenvalue weighted by Gasteiger charge is -2.38. The van der Waals surface area contributed by atoms with E-state index < -0.39 is 35.1 Å². The topological polar surface area (TPSA) is 121 Å². The highest BCUT2D eigenvalue weighted by Crippen LogP contribution is 2.34. The van der Waals surface area contributed by atoms with Crippen molar-refractivity contribution in [1.82, 2.24) is 10.2 Å². The number of rotatable bonds is 2. The number of hydrogen-bond acceptors (Lipinski definition) is 5. The second kappa shape index (κ2) is 4.73. The van der Waals surface area contributed by atoms with Gasteiger partial charge in [0.1, 0.15) is 5.54 Å². The number of nitrogens with zero attached hydrogens (tertiary/aromatic N) is 1. The number of amides is 4. The summed E-state index contributed by atoms with van der Waals surface area (Å²) in [4.78, 5) is 60.3. The molecule has 2 heterocycles. The zero-order chi connectivity index (χ0) is 16.9. The van der Waals surface area contributed by atoms with E-state index in [0.29, 0.717) is 0 Å². The highest BCUT2D eigenvalue weighted by Gasteiger charge is 2.52. The Bertz CT molecular complexity index is 799. The van der Waals surface area contributed by atoms with Crippen molar-refractivity contribution in [1.29, 1.82) is 0 Å². The van der Waals surface area contributed by atoms with Crippen LogP contribution in [0.2, 0.25) is 0 Å². The number of fused-ring (bicyclic) bond motifs is 1. The molecule has 23 heavy (non-hydrogen) atoms. The summed E-state index contributed by atoms with van der Waals surface area (Å²) in [6.07, 6.45) is 0.0327. The summed E-state index contributed by atoms with van der Waals surface area (Å²) >= 11 is 0. The summed E-state index contributed by atoms with van der Waals surface area (Å²) in [6, 6.07) is 3.60. The smallest absolute Gasteiger partial charge is 0.335 e. The maximum Gasteiger partial charge on any atom is 0.335 e. The van der Waals surface area contributed by atoms with Gasteiger partial charge in [0, 0.05) is 6.42 Å². The Morgan fingerprint density at radius 3 is 2.43 bits per heavy atom. The van der Waals surface area contributed by atoms with Crippen molar-refractivity contribution in [2.75, 3.05) is 0 Å². The molecule has 1 unspecified atom stereocenters. The lowest BCUT2D eigenvalue weighted by atomic mass is 9.89. The first-order valence-electron chi connectivity index (χ1n) is 6.86. The molecule has 4 amide bonds. The van der Waals surface area contributed by atoms with Crippen molar-refractivity contribution >= 4 is 29.6 Å². The van der Waals surface area contributed by atoms with Crippen LogP contribution in [0.15, 0.2) is 18.2 Å². The molecule has 0 spiro atoms. The van der Waals surface area contributed by atoms with E-state index in [0.717, 1.165) is 11.0 Å². The molecule has 0 saturated carbocycles. The number of aromatic carboxylic acids is 1. The quantitative estimate of drug-likeness (QED) is 0.751. The molecule has 0 aromatic heterocycles. The molecule has 8 heteroatoms. The molecule has 1 fully saturated rings. The Hall–Kier alpha value is -3.03. The van der Waals surface area contributed by atoms with Gasteiger partial charge < -0.3 is 5.11 Å². The van der Waals surface area contributed by atoms with E-state index in [-0.39, 0.29) is 29.5 Å². The molecule has 2 aliphatic heterocycles. The molecule has 1 aromatic carbocycles. The largest absolute Gasteiger partial charge is 0.478 e. The molecule has 0 aliphatic carbocycles. The minimum absolute atomic E-state index is 0.00994. The van der Waals surface area contributed by atoms with Crippen LogP contribution in [0.5, 0.6) is 0 Å². The first kappa shape index (κ1) is 14.9. The summed E-state index contributed by atoms with van der Waals surface area (Å²) < 4.78 is 0. The summed E-state index contributed by atoms with van der Waals surface area (Å²) in [7, 11) is 0. The molecule has 118 valence electrons. The van der Waals surface area contributed by atoms with Gasteiger partial charge in [-0.2, -0.15) is 0 Å². The summed E-state index contributed by atoms with van der Waals surface area (Å²) in [5, 5.41) is 11.1. The maximum absolute atomic E-state index is 12.6. The summed E-state index contributed by atoms with van der Waals surface area (Å²) in [5.74, 6) is -3.81. The monoisotopic (exact) mass is 316 g/mol. The number of nitrogens with one attached hydrogen (secondary N) is 1. The summed E-state index contributed by atoms with van der Waals surface area (Å²) in [6.45, 7) is 1.41. The van der Waals surface area contributed by atoms with Gasteiger partial charge in [0.05, 0.1) is 16.7 Å². The van der Waals surface area contributed by atoms with Crippen LogP contribution in [0, 0.1) is 0 Å². The Morgan fingerprint density at radius 2 is 1.83 bits per heavy atom. The normalized spacial score (nSPS) is 23.8. The zero-order valence-electron chi connectivity index (χ0n) is 12.1.